The van der Waals surface area contributed by atoms with Crippen molar-refractivity contribution in [2.75, 3.05) is 7.11 Å². The molecule has 11 heavy (non-hydrogen) atoms. The molecule has 0 radical (unpaired) electrons. The Kier molecular flexibility index (Phi) is 3.28. The third kappa shape index (κ3) is 4.18. The van der Waals surface area contributed by atoms with Gasteiger partial charge in [0.25, 0.3) is 0 Å². The van der Waals surface area contributed by atoms with Gasteiger partial charge in [0.15, 0.2) is 0 Å². The third-order valence-corrected chi connectivity index (χ3v) is 2.07. The topological polar surface area (TPSA) is 55.8 Å². The minimum atomic E-state index is -3.95. The fourth-order valence-corrected chi connectivity index (χ4v) is 1.06. The highest BCUT2D eigenvalue weighted by molar-refractivity contribution is 7.47. The molecule has 0 aliphatic carbocycles. The van der Waals surface area contributed by atoms with Crippen LogP contribution in [0, 0.1) is 12.3 Å². The van der Waals surface area contributed by atoms with Gasteiger partial charge in [-0.3, -0.25) is 9.05 Å². The Labute approximate surface area is 66.1 Å². The van der Waals surface area contributed by atoms with Crippen LogP contribution in [-0.2, 0) is 13.6 Å². The van der Waals surface area contributed by atoms with E-state index < -0.39 is 13.4 Å². The molecule has 0 fully saturated rings. The molecule has 0 amide bonds. The molecule has 0 bridgehead atoms. The van der Waals surface area contributed by atoms with E-state index in [4.69, 9.17) is 11.3 Å². The largest absolute Gasteiger partial charge is 0.473 e. The van der Waals surface area contributed by atoms with Gasteiger partial charge >= 0.3 is 7.82 Å². The van der Waals surface area contributed by atoms with Crippen LogP contribution < -0.4 is 0 Å². The maximum Gasteiger partial charge on any atom is 0.473 e. The number of terminal acetylenes is 1. The number of phosphoric ester groups is 1. The summed E-state index contributed by atoms with van der Waals surface area (Å²) in [6.45, 7) is 2.99. The summed E-state index contributed by atoms with van der Waals surface area (Å²) in [7, 11) is -2.88. The minimum Gasteiger partial charge on any atom is -0.302 e. The van der Waals surface area contributed by atoms with Crippen LogP contribution in [0.2, 0.25) is 0 Å². The first-order valence-electron chi connectivity index (χ1n) is 2.90. The van der Waals surface area contributed by atoms with Gasteiger partial charge in [0.1, 0.15) is 5.60 Å². The van der Waals surface area contributed by atoms with Crippen LogP contribution in [-0.4, -0.2) is 17.6 Å². The van der Waals surface area contributed by atoms with E-state index in [1.165, 1.54) is 13.8 Å². The van der Waals surface area contributed by atoms with Crippen LogP contribution in [0.25, 0.3) is 0 Å². The lowest BCUT2D eigenvalue weighted by atomic mass is 10.2. The SMILES string of the molecule is C#CC(C)(C)OP(=O)(O)OC. The summed E-state index contributed by atoms with van der Waals surface area (Å²) in [6, 6.07) is 0. The molecule has 0 saturated heterocycles. The maximum atomic E-state index is 10.8. The third-order valence-electron chi connectivity index (χ3n) is 0.922. The molecule has 1 N–H and O–H groups in total. The Hall–Kier alpha value is -0.330. The highest BCUT2D eigenvalue weighted by Gasteiger charge is 2.28. The van der Waals surface area contributed by atoms with Crippen molar-refractivity contribution in [3.8, 4) is 12.3 Å². The smallest absolute Gasteiger partial charge is 0.302 e. The molecule has 0 saturated carbocycles. The van der Waals surface area contributed by atoms with Gasteiger partial charge in [0.2, 0.25) is 0 Å². The van der Waals surface area contributed by atoms with E-state index in [2.05, 4.69) is 15.0 Å². The second-order valence-electron chi connectivity index (χ2n) is 2.40. The fourth-order valence-electron chi connectivity index (χ4n) is 0.352. The van der Waals surface area contributed by atoms with Gasteiger partial charge in [0, 0.05) is 7.11 Å². The van der Waals surface area contributed by atoms with E-state index in [1.54, 1.807) is 0 Å². The maximum absolute atomic E-state index is 10.8. The molecule has 0 aromatic rings. The Balaban J connectivity index is 4.29. The predicted molar refractivity (Wildman–Crippen MR) is 40.8 cm³/mol. The minimum absolute atomic E-state index is 1.08. The molecule has 0 aromatic heterocycles. The molecule has 1 atom stereocenters. The number of phosphoric acid groups is 1. The summed E-state index contributed by atoms with van der Waals surface area (Å²) in [5.41, 5.74) is -1.08. The van der Waals surface area contributed by atoms with Crippen LogP contribution >= 0.6 is 7.82 Å². The standard InChI is InChI=1S/C6H11O4P/c1-5-6(2,3)10-11(7,8)9-4/h1H,2-4H3,(H,7,8). The summed E-state index contributed by atoms with van der Waals surface area (Å²) in [5.74, 6) is 2.20. The summed E-state index contributed by atoms with van der Waals surface area (Å²) in [4.78, 5) is 8.81. The first-order chi connectivity index (χ1) is 4.83. The van der Waals surface area contributed by atoms with E-state index >= 15 is 0 Å². The van der Waals surface area contributed by atoms with Crippen LogP contribution in [0.5, 0.6) is 0 Å². The Morgan fingerprint density at radius 3 is 2.36 bits per heavy atom. The van der Waals surface area contributed by atoms with Crippen LogP contribution in [0.15, 0.2) is 0 Å². The first kappa shape index (κ1) is 10.7. The van der Waals surface area contributed by atoms with Gasteiger partial charge in [-0.05, 0) is 13.8 Å². The quantitative estimate of drug-likeness (QED) is 0.520. The molecule has 0 rings (SSSR count). The lowest BCUT2D eigenvalue weighted by molar-refractivity contribution is 0.0984. The second-order valence-corrected chi connectivity index (χ2v) is 3.88. The molecular weight excluding hydrogens is 167 g/mol. The molecule has 1 unspecified atom stereocenters. The van der Waals surface area contributed by atoms with Crippen molar-refractivity contribution >= 4 is 7.82 Å². The van der Waals surface area contributed by atoms with E-state index in [-0.39, 0.29) is 0 Å². The number of hydrogen-bond donors (Lipinski definition) is 1. The zero-order chi connectivity index (χ0) is 9.12. The highest BCUT2D eigenvalue weighted by Crippen LogP contribution is 2.45. The van der Waals surface area contributed by atoms with Crippen molar-refractivity contribution in [1.29, 1.82) is 0 Å². The number of hydrogen-bond acceptors (Lipinski definition) is 3. The molecule has 64 valence electrons. The molecule has 0 heterocycles. The van der Waals surface area contributed by atoms with Crippen molar-refractivity contribution in [2.24, 2.45) is 0 Å². The van der Waals surface area contributed by atoms with Crippen molar-refractivity contribution < 1.29 is 18.5 Å². The van der Waals surface area contributed by atoms with E-state index in [9.17, 15) is 4.57 Å². The fraction of sp³-hybridized carbons (Fsp3) is 0.667. The lowest BCUT2D eigenvalue weighted by Crippen LogP contribution is -2.20. The van der Waals surface area contributed by atoms with E-state index in [0.29, 0.717) is 0 Å². The average Bonchev–Trinajstić information content (AvgIpc) is 1.86. The lowest BCUT2D eigenvalue weighted by Gasteiger charge is -2.20. The van der Waals surface area contributed by atoms with Crippen molar-refractivity contribution in [1.82, 2.24) is 0 Å². The normalized spacial score (nSPS) is 17.0. The predicted octanol–water partition coefficient (Wildman–Crippen LogP) is 1.16. The Bertz CT molecular complexity index is 215. The van der Waals surface area contributed by atoms with E-state index in [0.717, 1.165) is 7.11 Å². The van der Waals surface area contributed by atoms with Gasteiger partial charge in [-0.25, -0.2) is 4.57 Å². The zero-order valence-electron chi connectivity index (χ0n) is 6.70. The Morgan fingerprint density at radius 2 is 2.09 bits per heavy atom. The van der Waals surface area contributed by atoms with Crippen molar-refractivity contribution in [2.45, 2.75) is 19.4 Å². The summed E-state index contributed by atoms with van der Waals surface area (Å²) < 4.78 is 19.5. The molecular formula is C6H11O4P. The van der Waals surface area contributed by atoms with Crippen molar-refractivity contribution in [3.05, 3.63) is 0 Å². The van der Waals surface area contributed by atoms with Crippen LogP contribution in [0.3, 0.4) is 0 Å². The molecule has 5 heteroatoms. The van der Waals surface area contributed by atoms with Crippen LogP contribution in [0.4, 0.5) is 0 Å². The van der Waals surface area contributed by atoms with Gasteiger partial charge in [-0.15, -0.1) is 6.42 Å². The first-order valence-corrected chi connectivity index (χ1v) is 4.39. The van der Waals surface area contributed by atoms with Gasteiger partial charge in [-0.1, -0.05) is 5.92 Å². The summed E-state index contributed by atoms with van der Waals surface area (Å²) >= 11 is 0. The molecule has 0 aromatic carbocycles. The second kappa shape index (κ2) is 3.38. The van der Waals surface area contributed by atoms with Crippen molar-refractivity contribution in [3.63, 3.8) is 0 Å². The molecule has 0 spiro atoms. The monoisotopic (exact) mass is 178 g/mol. The van der Waals surface area contributed by atoms with Gasteiger partial charge in [-0.2, -0.15) is 0 Å². The van der Waals surface area contributed by atoms with Gasteiger partial charge in [0.05, 0.1) is 0 Å². The number of rotatable bonds is 3. The average molecular weight is 178 g/mol. The van der Waals surface area contributed by atoms with Gasteiger partial charge < -0.3 is 4.89 Å². The summed E-state index contributed by atoms with van der Waals surface area (Å²) in [5, 5.41) is 0. The molecule has 0 aliphatic heterocycles. The van der Waals surface area contributed by atoms with E-state index in [1.807, 2.05) is 0 Å². The molecule has 4 nitrogen and oxygen atoms in total. The summed E-state index contributed by atoms with van der Waals surface area (Å²) in [6.07, 6.45) is 5.01. The van der Waals surface area contributed by atoms with Crippen LogP contribution in [0.1, 0.15) is 13.8 Å². The zero-order valence-corrected chi connectivity index (χ0v) is 7.59. The Morgan fingerprint density at radius 1 is 1.64 bits per heavy atom. The highest BCUT2D eigenvalue weighted by atomic mass is 31.2. The molecule has 0 aliphatic rings.